The van der Waals surface area contributed by atoms with Crippen molar-refractivity contribution in [3.05, 3.63) is 22.4 Å². The summed E-state index contributed by atoms with van der Waals surface area (Å²) in [6, 6.07) is 2.93. The van der Waals surface area contributed by atoms with Gasteiger partial charge in [-0.3, -0.25) is 0 Å². The summed E-state index contributed by atoms with van der Waals surface area (Å²) >= 11 is 1.80. The van der Waals surface area contributed by atoms with Crippen molar-refractivity contribution in [2.24, 2.45) is 5.41 Å². The summed E-state index contributed by atoms with van der Waals surface area (Å²) in [7, 11) is 0. The second-order valence-electron chi connectivity index (χ2n) is 4.60. The SMILES string of the molecule is CCNC(Cc1ccsc1)C1(C)CC1. The van der Waals surface area contributed by atoms with E-state index >= 15 is 0 Å². The minimum Gasteiger partial charge on any atom is -0.313 e. The third-order valence-electron chi connectivity index (χ3n) is 3.35. The third-order valence-corrected chi connectivity index (χ3v) is 4.08. The molecule has 1 saturated carbocycles. The van der Waals surface area contributed by atoms with E-state index in [2.05, 4.69) is 36.0 Å². The Hall–Kier alpha value is -0.340. The average molecular weight is 209 g/mol. The average Bonchev–Trinajstić information content (AvgIpc) is 2.73. The molecule has 0 amide bonds. The highest BCUT2D eigenvalue weighted by atomic mass is 32.1. The summed E-state index contributed by atoms with van der Waals surface area (Å²) in [5, 5.41) is 8.08. The van der Waals surface area contributed by atoms with Gasteiger partial charge in [0.1, 0.15) is 0 Å². The molecule has 1 fully saturated rings. The molecule has 1 aliphatic carbocycles. The fraction of sp³-hybridized carbons (Fsp3) is 0.667. The minimum absolute atomic E-state index is 0.581. The largest absolute Gasteiger partial charge is 0.313 e. The van der Waals surface area contributed by atoms with Crippen molar-refractivity contribution in [3.8, 4) is 0 Å². The first kappa shape index (κ1) is 10.2. The Morgan fingerprint density at radius 3 is 2.86 bits per heavy atom. The molecule has 1 heterocycles. The molecule has 1 aromatic heterocycles. The molecule has 0 spiro atoms. The topological polar surface area (TPSA) is 12.0 Å². The summed E-state index contributed by atoms with van der Waals surface area (Å²) in [5.74, 6) is 0. The summed E-state index contributed by atoms with van der Waals surface area (Å²) in [6.45, 7) is 5.70. The van der Waals surface area contributed by atoms with E-state index in [-0.39, 0.29) is 0 Å². The Labute approximate surface area is 90.5 Å². The van der Waals surface area contributed by atoms with Crippen molar-refractivity contribution >= 4 is 11.3 Å². The van der Waals surface area contributed by atoms with Crippen LogP contribution in [0, 0.1) is 5.41 Å². The first-order valence-corrected chi connectivity index (χ1v) is 6.43. The van der Waals surface area contributed by atoms with Crippen LogP contribution in [0.2, 0.25) is 0 Å². The molecule has 0 aliphatic heterocycles. The van der Waals surface area contributed by atoms with Gasteiger partial charge in [-0.25, -0.2) is 0 Å². The van der Waals surface area contributed by atoms with E-state index in [1.807, 2.05) is 0 Å². The highest BCUT2D eigenvalue weighted by molar-refractivity contribution is 7.07. The summed E-state index contributed by atoms with van der Waals surface area (Å²) < 4.78 is 0. The van der Waals surface area contributed by atoms with E-state index in [0.29, 0.717) is 11.5 Å². The van der Waals surface area contributed by atoms with Crippen molar-refractivity contribution in [2.75, 3.05) is 6.54 Å². The summed E-state index contributed by atoms with van der Waals surface area (Å²) in [6.07, 6.45) is 4.00. The first-order valence-electron chi connectivity index (χ1n) is 5.49. The molecule has 2 rings (SSSR count). The maximum atomic E-state index is 3.63. The number of nitrogens with one attached hydrogen (secondary N) is 1. The molecule has 1 unspecified atom stereocenters. The van der Waals surface area contributed by atoms with Gasteiger partial charge in [-0.05, 0) is 53.6 Å². The molecule has 0 bridgehead atoms. The molecular formula is C12H19NS. The number of rotatable bonds is 5. The van der Waals surface area contributed by atoms with Gasteiger partial charge < -0.3 is 5.32 Å². The van der Waals surface area contributed by atoms with Crippen LogP contribution in [0.5, 0.6) is 0 Å². The molecule has 0 aromatic carbocycles. The zero-order chi connectivity index (χ0) is 10.0. The lowest BCUT2D eigenvalue weighted by atomic mass is 9.93. The van der Waals surface area contributed by atoms with E-state index in [1.54, 1.807) is 11.3 Å². The van der Waals surface area contributed by atoms with Gasteiger partial charge in [0.05, 0.1) is 0 Å². The molecule has 14 heavy (non-hydrogen) atoms. The fourth-order valence-corrected chi connectivity index (χ4v) is 2.68. The standard InChI is InChI=1S/C12H19NS/c1-3-13-11(12(2)5-6-12)8-10-4-7-14-9-10/h4,7,9,11,13H,3,5-6,8H2,1-2H3. The number of likely N-dealkylation sites (N-methyl/N-ethyl adjacent to an activating group) is 1. The van der Waals surface area contributed by atoms with Crippen LogP contribution in [-0.4, -0.2) is 12.6 Å². The van der Waals surface area contributed by atoms with E-state index in [0.717, 1.165) is 6.54 Å². The van der Waals surface area contributed by atoms with Gasteiger partial charge in [0.2, 0.25) is 0 Å². The highest BCUT2D eigenvalue weighted by Gasteiger charge is 2.44. The lowest BCUT2D eigenvalue weighted by molar-refractivity contribution is 0.360. The maximum Gasteiger partial charge on any atom is 0.0161 e. The number of hydrogen-bond donors (Lipinski definition) is 1. The van der Waals surface area contributed by atoms with Gasteiger partial charge >= 0.3 is 0 Å². The van der Waals surface area contributed by atoms with Gasteiger partial charge in [-0.2, -0.15) is 11.3 Å². The molecule has 0 radical (unpaired) electrons. The van der Waals surface area contributed by atoms with Crippen LogP contribution >= 0.6 is 11.3 Å². The maximum absolute atomic E-state index is 3.63. The molecular weight excluding hydrogens is 190 g/mol. The predicted molar refractivity (Wildman–Crippen MR) is 62.8 cm³/mol. The second kappa shape index (κ2) is 4.03. The summed E-state index contributed by atoms with van der Waals surface area (Å²) in [4.78, 5) is 0. The molecule has 1 atom stereocenters. The molecule has 1 aromatic rings. The monoisotopic (exact) mass is 209 g/mol. The van der Waals surface area contributed by atoms with Crippen LogP contribution in [0.1, 0.15) is 32.3 Å². The minimum atomic E-state index is 0.581. The number of thiophene rings is 1. The predicted octanol–water partition coefficient (Wildman–Crippen LogP) is 3.07. The van der Waals surface area contributed by atoms with Crippen LogP contribution in [0.15, 0.2) is 16.8 Å². The second-order valence-corrected chi connectivity index (χ2v) is 5.38. The van der Waals surface area contributed by atoms with Crippen LogP contribution in [0.4, 0.5) is 0 Å². The summed E-state index contributed by atoms with van der Waals surface area (Å²) in [5.41, 5.74) is 2.08. The van der Waals surface area contributed by atoms with E-state index in [1.165, 1.54) is 24.8 Å². The molecule has 1 N–H and O–H groups in total. The Bertz CT molecular complexity index is 275. The Balaban J connectivity index is 1.97. The first-order chi connectivity index (χ1) is 6.74. The highest BCUT2D eigenvalue weighted by Crippen LogP contribution is 2.48. The normalized spacial score (nSPS) is 20.7. The molecule has 2 heteroatoms. The zero-order valence-electron chi connectivity index (χ0n) is 9.05. The Morgan fingerprint density at radius 2 is 2.36 bits per heavy atom. The van der Waals surface area contributed by atoms with Gasteiger partial charge in [-0.1, -0.05) is 13.8 Å². The van der Waals surface area contributed by atoms with E-state index in [4.69, 9.17) is 0 Å². The molecule has 1 nitrogen and oxygen atoms in total. The smallest absolute Gasteiger partial charge is 0.0161 e. The van der Waals surface area contributed by atoms with Crippen molar-refractivity contribution in [2.45, 2.75) is 39.2 Å². The quantitative estimate of drug-likeness (QED) is 0.786. The van der Waals surface area contributed by atoms with E-state index in [9.17, 15) is 0 Å². The third kappa shape index (κ3) is 2.18. The van der Waals surface area contributed by atoms with Crippen LogP contribution in [-0.2, 0) is 6.42 Å². The van der Waals surface area contributed by atoms with Gasteiger partial charge in [-0.15, -0.1) is 0 Å². The van der Waals surface area contributed by atoms with Crippen LogP contribution in [0.25, 0.3) is 0 Å². The van der Waals surface area contributed by atoms with Gasteiger partial charge in [0, 0.05) is 6.04 Å². The fourth-order valence-electron chi connectivity index (χ4n) is 2.00. The van der Waals surface area contributed by atoms with Crippen LogP contribution in [0.3, 0.4) is 0 Å². The van der Waals surface area contributed by atoms with Crippen molar-refractivity contribution < 1.29 is 0 Å². The lowest BCUT2D eigenvalue weighted by Crippen LogP contribution is -2.37. The Morgan fingerprint density at radius 1 is 1.57 bits per heavy atom. The van der Waals surface area contributed by atoms with Crippen molar-refractivity contribution in [3.63, 3.8) is 0 Å². The van der Waals surface area contributed by atoms with E-state index < -0.39 is 0 Å². The van der Waals surface area contributed by atoms with Crippen molar-refractivity contribution in [1.29, 1.82) is 0 Å². The van der Waals surface area contributed by atoms with Crippen LogP contribution < -0.4 is 5.32 Å². The zero-order valence-corrected chi connectivity index (χ0v) is 9.86. The lowest BCUT2D eigenvalue weighted by Gasteiger charge is -2.24. The van der Waals surface area contributed by atoms with Gasteiger partial charge in [0.15, 0.2) is 0 Å². The van der Waals surface area contributed by atoms with Crippen molar-refractivity contribution in [1.82, 2.24) is 5.32 Å². The molecule has 1 aliphatic rings. The molecule has 0 saturated heterocycles. The number of hydrogen-bond acceptors (Lipinski definition) is 2. The van der Waals surface area contributed by atoms with Gasteiger partial charge in [0.25, 0.3) is 0 Å². The molecule has 78 valence electrons. The Kier molecular flexibility index (Phi) is 2.93.